The van der Waals surface area contributed by atoms with Crippen LogP contribution in [0, 0.1) is 0 Å². The zero-order valence-electron chi connectivity index (χ0n) is 10.7. The van der Waals surface area contributed by atoms with Crippen molar-refractivity contribution in [3.05, 3.63) is 12.4 Å². The molecule has 2 rings (SSSR count). The van der Waals surface area contributed by atoms with Crippen LogP contribution in [-0.2, 0) is 25.9 Å². The summed E-state index contributed by atoms with van der Waals surface area (Å²) in [5, 5.41) is 6.59. The summed E-state index contributed by atoms with van der Waals surface area (Å²) in [5.41, 5.74) is 0. The molecular weight excluding hydrogens is 270 g/mol. The molecule has 19 heavy (non-hydrogen) atoms. The molecule has 1 saturated heterocycles. The van der Waals surface area contributed by atoms with Crippen molar-refractivity contribution in [2.24, 2.45) is 0 Å². The number of ether oxygens (including phenoxy) is 1. The van der Waals surface area contributed by atoms with E-state index in [1.54, 1.807) is 0 Å². The van der Waals surface area contributed by atoms with E-state index in [-0.39, 0.29) is 23.5 Å². The summed E-state index contributed by atoms with van der Waals surface area (Å²) < 4.78 is 29.2. The first-order valence-electron chi connectivity index (χ1n) is 6.06. The Balaban J connectivity index is 1.83. The third-order valence-corrected chi connectivity index (χ3v) is 3.96. The average molecular weight is 287 g/mol. The first-order valence-corrected chi connectivity index (χ1v) is 7.95. The van der Waals surface area contributed by atoms with E-state index in [1.807, 2.05) is 0 Å². The maximum Gasteiger partial charge on any atom is 0.241 e. The van der Waals surface area contributed by atoms with Gasteiger partial charge in [0.15, 0.2) is 9.84 Å². The third-order valence-electron chi connectivity index (χ3n) is 2.89. The quantitative estimate of drug-likeness (QED) is 0.794. The van der Waals surface area contributed by atoms with Gasteiger partial charge in [0, 0.05) is 25.6 Å². The van der Waals surface area contributed by atoms with Gasteiger partial charge in [-0.1, -0.05) is 0 Å². The van der Waals surface area contributed by atoms with E-state index in [4.69, 9.17) is 4.74 Å². The lowest BCUT2D eigenvalue weighted by atomic mass is 10.2. The summed E-state index contributed by atoms with van der Waals surface area (Å²) in [5.74, 6) is -0.210. The van der Waals surface area contributed by atoms with Crippen LogP contribution in [0.1, 0.15) is 12.8 Å². The van der Waals surface area contributed by atoms with Gasteiger partial charge in [-0.3, -0.25) is 9.48 Å². The molecule has 1 aromatic heterocycles. The van der Waals surface area contributed by atoms with Gasteiger partial charge < -0.3 is 10.1 Å². The van der Waals surface area contributed by atoms with Crippen molar-refractivity contribution < 1.29 is 17.9 Å². The molecule has 0 aromatic carbocycles. The Morgan fingerprint density at radius 3 is 3.00 bits per heavy atom. The van der Waals surface area contributed by atoms with E-state index >= 15 is 0 Å². The van der Waals surface area contributed by atoms with Crippen molar-refractivity contribution in [1.29, 1.82) is 0 Å². The lowest BCUT2D eigenvalue weighted by Gasteiger charge is -2.10. The molecule has 7 nitrogen and oxygen atoms in total. The second-order valence-corrected chi connectivity index (χ2v) is 6.60. The van der Waals surface area contributed by atoms with E-state index in [0.717, 1.165) is 25.7 Å². The summed E-state index contributed by atoms with van der Waals surface area (Å²) >= 11 is 0. The summed E-state index contributed by atoms with van der Waals surface area (Å²) in [6, 6.07) is 0. The van der Waals surface area contributed by atoms with Crippen LogP contribution < -0.4 is 5.32 Å². The Morgan fingerprint density at radius 1 is 1.63 bits per heavy atom. The number of amides is 1. The molecule has 0 aliphatic carbocycles. The molecule has 0 radical (unpaired) electrons. The van der Waals surface area contributed by atoms with E-state index < -0.39 is 9.84 Å². The van der Waals surface area contributed by atoms with E-state index in [0.29, 0.717) is 6.54 Å². The molecule has 1 atom stereocenters. The first kappa shape index (κ1) is 14.0. The molecule has 1 N–H and O–H groups in total. The fraction of sp³-hybridized carbons (Fsp3) is 0.636. The van der Waals surface area contributed by atoms with Gasteiger partial charge in [-0.05, 0) is 12.8 Å². The van der Waals surface area contributed by atoms with Gasteiger partial charge in [0.2, 0.25) is 5.91 Å². The lowest BCUT2D eigenvalue weighted by molar-refractivity contribution is -0.122. The largest absolute Gasteiger partial charge is 0.376 e. The topological polar surface area (TPSA) is 90.3 Å². The second kappa shape index (κ2) is 5.70. The number of carbonyl (C=O) groups is 1. The summed E-state index contributed by atoms with van der Waals surface area (Å²) in [6.07, 6.45) is 5.76. The van der Waals surface area contributed by atoms with E-state index in [1.165, 1.54) is 17.1 Å². The van der Waals surface area contributed by atoms with Crippen LogP contribution in [0.4, 0.5) is 0 Å². The van der Waals surface area contributed by atoms with Crippen molar-refractivity contribution in [2.45, 2.75) is 30.4 Å². The van der Waals surface area contributed by atoms with Crippen molar-refractivity contribution in [3.63, 3.8) is 0 Å². The second-order valence-electron chi connectivity index (χ2n) is 4.58. The molecule has 2 heterocycles. The van der Waals surface area contributed by atoms with Crippen LogP contribution in [-0.4, -0.2) is 49.6 Å². The van der Waals surface area contributed by atoms with Gasteiger partial charge in [0.1, 0.15) is 11.4 Å². The smallest absolute Gasteiger partial charge is 0.241 e. The molecule has 0 spiro atoms. The minimum atomic E-state index is -3.28. The molecule has 1 aliphatic heterocycles. The summed E-state index contributed by atoms with van der Waals surface area (Å²) in [7, 11) is -3.28. The number of nitrogens with zero attached hydrogens (tertiary/aromatic N) is 2. The molecular formula is C11H17N3O4S. The molecule has 1 amide bonds. The molecule has 106 valence electrons. The molecule has 1 unspecified atom stereocenters. The molecule has 1 aromatic rings. The lowest BCUT2D eigenvalue weighted by Crippen LogP contribution is -2.34. The highest BCUT2D eigenvalue weighted by Gasteiger charge is 2.16. The van der Waals surface area contributed by atoms with Gasteiger partial charge in [-0.2, -0.15) is 5.10 Å². The zero-order valence-corrected chi connectivity index (χ0v) is 11.5. The minimum Gasteiger partial charge on any atom is -0.376 e. The number of carbonyl (C=O) groups excluding carboxylic acids is 1. The highest BCUT2D eigenvalue weighted by Crippen LogP contribution is 2.10. The maximum absolute atomic E-state index is 11.7. The Labute approximate surface area is 111 Å². The number of nitrogens with one attached hydrogen (secondary N) is 1. The van der Waals surface area contributed by atoms with Crippen LogP contribution >= 0.6 is 0 Å². The Morgan fingerprint density at radius 2 is 2.42 bits per heavy atom. The number of hydrogen-bond donors (Lipinski definition) is 1. The molecule has 1 fully saturated rings. The Kier molecular flexibility index (Phi) is 4.20. The maximum atomic E-state index is 11.7. The van der Waals surface area contributed by atoms with Gasteiger partial charge in [0.05, 0.1) is 12.3 Å². The van der Waals surface area contributed by atoms with E-state index in [2.05, 4.69) is 10.4 Å². The van der Waals surface area contributed by atoms with Crippen LogP contribution in [0.5, 0.6) is 0 Å². The summed E-state index contributed by atoms with van der Waals surface area (Å²) in [4.78, 5) is 11.8. The third kappa shape index (κ3) is 4.03. The number of sulfone groups is 1. The predicted molar refractivity (Wildman–Crippen MR) is 67.3 cm³/mol. The van der Waals surface area contributed by atoms with Crippen molar-refractivity contribution in [2.75, 3.05) is 19.4 Å². The predicted octanol–water partition coefficient (Wildman–Crippen LogP) is -0.418. The SMILES string of the molecule is CS(=O)(=O)c1cnn(CC(=O)NCC2CCCO2)c1. The molecule has 0 saturated carbocycles. The Bertz CT molecular complexity index is 546. The number of aromatic nitrogens is 2. The van der Waals surface area contributed by atoms with Gasteiger partial charge in [0.25, 0.3) is 0 Å². The molecule has 0 bridgehead atoms. The zero-order chi connectivity index (χ0) is 13.9. The van der Waals surface area contributed by atoms with Gasteiger partial charge in [-0.25, -0.2) is 8.42 Å². The monoisotopic (exact) mass is 287 g/mol. The molecule has 1 aliphatic rings. The fourth-order valence-electron chi connectivity index (χ4n) is 1.86. The number of hydrogen-bond acceptors (Lipinski definition) is 5. The summed E-state index contributed by atoms with van der Waals surface area (Å²) in [6.45, 7) is 1.23. The first-order chi connectivity index (χ1) is 8.95. The standard InChI is InChI=1S/C11H17N3O4S/c1-19(16,17)10-6-13-14(7-10)8-11(15)12-5-9-3-2-4-18-9/h6-7,9H,2-5,8H2,1H3,(H,12,15). The van der Waals surface area contributed by atoms with Gasteiger partial charge in [-0.15, -0.1) is 0 Å². The van der Waals surface area contributed by atoms with Crippen LogP contribution in [0.25, 0.3) is 0 Å². The average Bonchev–Trinajstić information content (AvgIpc) is 2.95. The number of rotatable bonds is 5. The normalized spacial score (nSPS) is 19.5. The van der Waals surface area contributed by atoms with Crippen molar-refractivity contribution >= 4 is 15.7 Å². The van der Waals surface area contributed by atoms with Crippen LogP contribution in [0.15, 0.2) is 17.3 Å². The Hall–Kier alpha value is -1.41. The van der Waals surface area contributed by atoms with Crippen molar-refractivity contribution in [3.8, 4) is 0 Å². The molecule has 8 heteroatoms. The van der Waals surface area contributed by atoms with Crippen molar-refractivity contribution in [1.82, 2.24) is 15.1 Å². The minimum absolute atomic E-state index is 0.00222. The van der Waals surface area contributed by atoms with Crippen LogP contribution in [0.3, 0.4) is 0 Å². The van der Waals surface area contributed by atoms with Crippen LogP contribution in [0.2, 0.25) is 0 Å². The van der Waals surface area contributed by atoms with Gasteiger partial charge >= 0.3 is 0 Å². The van der Waals surface area contributed by atoms with E-state index in [9.17, 15) is 13.2 Å². The fourth-order valence-corrected chi connectivity index (χ4v) is 2.41. The highest BCUT2D eigenvalue weighted by atomic mass is 32.2. The highest BCUT2D eigenvalue weighted by molar-refractivity contribution is 7.90.